The number of aromatic amines is 1. The molecule has 0 aromatic carbocycles. The molecule has 0 fully saturated rings. The number of nitrogens with two attached hydrogens (primary N) is 1. The molecule has 2 atom stereocenters. The number of hydrogen-bond acceptors (Lipinski definition) is 5. The van der Waals surface area contributed by atoms with E-state index in [2.05, 4.69) is 9.97 Å². The number of rotatable bonds is 6. The van der Waals surface area contributed by atoms with Gasteiger partial charge in [0.05, 0.1) is 19.3 Å². The largest absolute Gasteiger partial charge is 0.395 e. The smallest absolute Gasteiger partial charge is 0.242 e. The van der Waals surface area contributed by atoms with Crippen molar-refractivity contribution in [1.29, 1.82) is 0 Å². The maximum absolute atomic E-state index is 11.9. The van der Waals surface area contributed by atoms with Crippen LogP contribution in [0.4, 0.5) is 0 Å². The quantitative estimate of drug-likeness (QED) is 0.481. The third-order valence-corrected chi connectivity index (χ3v) is 2.38. The van der Waals surface area contributed by atoms with Crippen LogP contribution in [0, 0.1) is 0 Å². The molecule has 7 heteroatoms. The van der Waals surface area contributed by atoms with E-state index in [4.69, 9.17) is 10.8 Å². The highest BCUT2D eigenvalue weighted by Gasteiger charge is 2.24. The van der Waals surface area contributed by atoms with E-state index in [0.717, 1.165) is 0 Å². The van der Waals surface area contributed by atoms with Crippen LogP contribution in [0.3, 0.4) is 0 Å². The zero-order valence-electron chi connectivity index (χ0n) is 9.71. The van der Waals surface area contributed by atoms with Gasteiger partial charge < -0.3 is 25.8 Å². The number of carbonyl (C=O) groups is 1. The molecule has 0 unspecified atom stereocenters. The number of nitrogens with one attached hydrogen (secondary N) is 1. The average molecular weight is 242 g/mol. The highest BCUT2D eigenvalue weighted by atomic mass is 16.3. The van der Waals surface area contributed by atoms with Gasteiger partial charge in [0.15, 0.2) is 0 Å². The third-order valence-electron chi connectivity index (χ3n) is 2.38. The standard InChI is InChI=1S/C10H18N4O3/c1-7(16)9(11)10(17)14(4-5-15)6-8-12-2-3-13-8/h2-3,7,9,15-16H,4-6,11H2,1H3,(H,12,13)/t7-,9+/m0/s1. The van der Waals surface area contributed by atoms with Crippen LogP contribution in [0.5, 0.6) is 0 Å². The number of nitrogens with zero attached hydrogens (tertiary/aromatic N) is 2. The lowest BCUT2D eigenvalue weighted by Gasteiger charge is -2.25. The molecule has 0 spiro atoms. The van der Waals surface area contributed by atoms with Gasteiger partial charge in [-0.1, -0.05) is 0 Å². The Kier molecular flexibility index (Phi) is 5.08. The minimum Gasteiger partial charge on any atom is -0.395 e. The number of aliphatic hydroxyl groups excluding tert-OH is 2. The molecule has 1 aromatic rings. The third kappa shape index (κ3) is 3.81. The van der Waals surface area contributed by atoms with E-state index in [9.17, 15) is 9.90 Å². The van der Waals surface area contributed by atoms with E-state index in [1.165, 1.54) is 11.8 Å². The number of aliphatic hydroxyl groups is 2. The molecule has 5 N–H and O–H groups in total. The first kappa shape index (κ1) is 13.6. The summed E-state index contributed by atoms with van der Waals surface area (Å²) in [5.74, 6) is 0.190. The molecule has 0 aliphatic carbocycles. The van der Waals surface area contributed by atoms with Gasteiger partial charge in [-0.25, -0.2) is 4.98 Å². The van der Waals surface area contributed by atoms with E-state index in [0.29, 0.717) is 5.82 Å². The van der Waals surface area contributed by atoms with Gasteiger partial charge in [0.25, 0.3) is 0 Å². The van der Waals surface area contributed by atoms with Gasteiger partial charge >= 0.3 is 0 Å². The highest BCUT2D eigenvalue weighted by molar-refractivity contribution is 5.82. The second kappa shape index (κ2) is 6.33. The van der Waals surface area contributed by atoms with Crippen LogP contribution < -0.4 is 5.73 Å². The molecule has 0 saturated carbocycles. The summed E-state index contributed by atoms with van der Waals surface area (Å²) in [5, 5.41) is 18.2. The summed E-state index contributed by atoms with van der Waals surface area (Å²) in [6, 6.07) is -0.989. The summed E-state index contributed by atoms with van der Waals surface area (Å²) in [4.78, 5) is 20.1. The Morgan fingerprint density at radius 2 is 2.41 bits per heavy atom. The van der Waals surface area contributed by atoms with Crippen molar-refractivity contribution >= 4 is 5.91 Å². The number of hydrogen-bond donors (Lipinski definition) is 4. The first-order valence-electron chi connectivity index (χ1n) is 5.37. The zero-order valence-corrected chi connectivity index (χ0v) is 9.71. The van der Waals surface area contributed by atoms with Crippen LogP contribution in [-0.4, -0.2) is 56.3 Å². The Bertz CT molecular complexity index is 339. The van der Waals surface area contributed by atoms with Crippen molar-refractivity contribution in [3.05, 3.63) is 18.2 Å². The van der Waals surface area contributed by atoms with Crippen LogP contribution in [0.25, 0.3) is 0 Å². The number of imidazole rings is 1. The molecule has 96 valence electrons. The van der Waals surface area contributed by atoms with Gasteiger partial charge in [-0.15, -0.1) is 0 Å². The molecular weight excluding hydrogens is 224 g/mol. The van der Waals surface area contributed by atoms with E-state index in [1.807, 2.05) is 0 Å². The fourth-order valence-corrected chi connectivity index (χ4v) is 1.37. The fourth-order valence-electron chi connectivity index (χ4n) is 1.37. The average Bonchev–Trinajstić information content (AvgIpc) is 2.79. The minimum absolute atomic E-state index is 0.153. The molecular formula is C10H18N4O3. The summed E-state index contributed by atoms with van der Waals surface area (Å²) in [6.45, 7) is 1.67. The molecule has 0 radical (unpaired) electrons. The van der Waals surface area contributed by atoms with Gasteiger partial charge in [-0.05, 0) is 6.92 Å². The molecule has 1 amide bonds. The molecule has 1 aromatic heterocycles. The van der Waals surface area contributed by atoms with Crippen LogP contribution >= 0.6 is 0 Å². The van der Waals surface area contributed by atoms with Crippen LogP contribution in [0.1, 0.15) is 12.7 Å². The van der Waals surface area contributed by atoms with E-state index in [1.54, 1.807) is 12.4 Å². The number of H-pyrrole nitrogens is 1. The van der Waals surface area contributed by atoms with E-state index < -0.39 is 18.1 Å². The maximum atomic E-state index is 11.9. The van der Waals surface area contributed by atoms with E-state index in [-0.39, 0.29) is 19.7 Å². The van der Waals surface area contributed by atoms with Gasteiger partial charge in [0.1, 0.15) is 11.9 Å². The topological polar surface area (TPSA) is 115 Å². The Balaban J connectivity index is 2.68. The van der Waals surface area contributed by atoms with Crippen molar-refractivity contribution in [3.63, 3.8) is 0 Å². The summed E-state index contributed by atoms with van der Waals surface area (Å²) in [5.41, 5.74) is 5.57. The lowest BCUT2D eigenvalue weighted by molar-refractivity contribution is -0.136. The number of aromatic nitrogens is 2. The molecule has 0 saturated heterocycles. The molecule has 0 aliphatic rings. The summed E-state index contributed by atoms with van der Waals surface area (Å²) in [6.07, 6.45) is 2.29. The summed E-state index contributed by atoms with van der Waals surface area (Å²) >= 11 is 0. The van der Waals surface area contributed by atoms with Crippen molar-refractivity contribution in [1.82, 2.24) is 14.9 Å². The lowest BCUT2D eigenvalue weighted by atomic mass is 10.1. The first-order chi connectivity index (χ1) is 8.06. The van der Waals surface area contributed by atoms with Crippen molar-refractivity contribution in [3.8, 4) is 0 Å². The Morgan fingerprint density at radius 1 is 1.71 bits per heavy atom. The molecule has 0 aliphatic heterocycles. The molecule has 0 bridgehead atoms. The second-order valence-corrected chi connectivity index (χ2v) is 3.79. The lowest BCUT2D eigenvalue weighted by Crippen LogP contribution is -2.49. The molecule has 17 heavy (non-hydrogen) atoms. The van der Waals surface area contributed by atoms with Crippen molar-refractivity contribution < 1.29 is 15.0 Å². The van der Waals surface area contributed by atoms with E-state index >= 15 is 0 Å². The molecule has 1 heterocycles. The first-order valence-corrected chi connectivity index (χ1v) is 5.37. The van der Waals surface area contributed by atoms with Crippen molar-refractivity contribution in [2.24, 2.45) is 5.73 Å². The van der Waals surface area contributed by atoms with Gasteiger partial charge in [-0.2, -0.15) is 0 Å². The SMILES string of the molecule is C[C@H](O)[C@@H](N)C(=O)N(CCO)Cc1ncc[nH]1. The summed E-state index contributed by atoms with van der Waals surface area (Å²) in [7, 11) is 0. The fraction of sp³-hybridized carbons (Fsp3) is 0.600. The predicted octanol–water partition coefficient (Wildman–Crippen LogP) is -1.56. The molecule has 1 rings (SSSR count). The predicted molar refractivity (Wildman–Crippen MR) is 60.7 cm³/mol. The Labute approximate surface area is 99.3 Å². The normalized spacial score (nSPS) is 14.4. The van der Waals surface area contributed by atoms with Crippen molar-refractivity contribution in [2.75, 3.05) is 13.2 Å². The van der Waals surface area contributed by atoms with Gasteiger partial charge in [0.2, 0.25) is 5.91 Å². The van der Waals surface area contributed by atoms with Crippen molar-refractivity contribution in [2.45, 2.75) is 25.6 Å². The number of carbonyl (C=O) groups excluding carboxylic acids is 1. The maximum Gasteiger partial charge on any atom is 0.242 e. The Morgan fingerprint density at radius 3 is 2.88 bits per heavy atom. The van der Waals surface area contributed by atoms with Gasteiger partial charge in [-0.3, -0.25) is 4.79 Å². The zero-order chi connectivity index (χ0) is 12.8. The monoisotopic (exact) mass is 242 g/mol. The van der Waals surface area contributed by atoms with Crippen LogP contribution in [-0.2, 0) is 11.3 Å². The van der Waals surface area contributed by atoms with Crippen LogP contribution in [0.2, 0.25) is 0 Å². The second-order valence-electron chi connectivity index (χ2n) is 3.79. The molecule has 7 nitrogen and oxygen atoms in total. The minimum atomic E-state index is -0.989. The van der Waals surface area contributed by atoms with Crippen LogP contribution in [0.15, 0.2) is 12.4 Å². The Hall–Kier alpha value is -1.44. The van der Waals surface area contributed by atoms with Gasteiger partial charge in [0, 0.05) is 18.9 Å². The number of amides is 1. The highest BCUT2D eigenvalue weighted by Crippen LogP contribution is 2.03. The summed E-state index contributed by atoms with van der Waals surface area (Å²) < 4.78 is 0.